The molecule has 0 unspecified atom stereocenters. The van der Waals surface area contributed by atoms with Gasteiger partial charge in [-0.1, -0.05) is 132 Å². The molecule has 0 amide bonds. The Morgan fingerprint density at radius 1 is 0.323 bits per heavy atom. The van der Waals surface area contributed by atoms with Gasteiger partial charge in [-0.15, -0.1) is 0 Å². The van der Waals surface area contributed by atoms with E-state index in [1.54, 1.807) is 0 Å². The second-order valence-corrected chi connectivity index (χ2v) is 8.34. The smallest absolute Gasteiger partial charge is 0.393 e. The van der Waals surface area contributed by atoms with Crippen LogP contribution in [-0.4, -0.2) is 9.52 Å². The summed E-state index contributed by atoms with van der Waals surface area (Å²) in [5, 5.41) is 2.85. The quantitative estimate of drug-likeness (QED) is 0.447. The van der Waals surface area contributed by atoms with Gasteiger partial charge < -0.3 is 9.52 Å². The minimum Gasteiger partial charge on any atom is -0.393 e. The van der Waals surface area contributed by atoms with E-state index in [0.29, 0.717) is 9.52 Å². The summed E-state index contributed by atoms with van der Waals surface area (Å²) >= 11 is 0. The van der Waals surface area contributed by atoms with Crippen molar-refractivity contribution in [3.05, 3.63) is 144 Å². The summed E-state index contributed by atoms with van der Waals surface area (Å²) in [6.45, 7) is 0. The van der Waals surface area contributed by atoms with E-state index < -0.39 is 0 Å². The normalized spacial score (nSPS) is 12.6. The predicted molar refractivity (Wildman–Crippen MR) is 125 cm³/mol. The van der Waals surface area contributed by atoms with Crippen LogP contribution in [0.4, 0.5) is 0 Å². The van der Waals surface area contributed by atoms with E-state index in [1.165, 1.54) is 43.8 Å². The molecule has 3 heteroatoms. The first kappa shape index (κ1) is 23.4. The fourth-order valence-corrected chi connectivity index (χ4v) is 5.59. The second kappa shape index (κ2) is 10.9. The van der Waals surface area contributed by atoms with Gasteiger partial charge in [-0.05, 0) is 22.3 Å². The van der Waals surface area contributed by atoms with Crippen LogP contribution in [0.3, 0.4) is 0 Å². The van der Waals surface area contributed by atoms with Crippen molar-refractivity contribution in [2.24, 2.45) is 0 Å². The molecule has 137 valence electrons. The number of allylic oxidation sites excluding steroid dienone is 2. The van der Waals surface area contributed by atoms with Crippen molar-refractivity contribution in [3.8, 4) is 0 Å². The Morgan fingerprint density at radius 3 is 0.871 bits per heavy atom. The first-order chi connectivity index (χ1) is 14.4. The monoisotopic (exact) mass is 398 g/mol. The summed E-state index contributed by atoms with van der Waals surface area (Å²) in [6, 6.07) is 43.4. The second-order valence-electron chi connectivity index (χ2n) is 7.09. The summed E-state index contributed by atoms with van der Waals surface area (Å²) in [6.07, 6.45) is 0. The molecule has 0 saturated heterocycles. The van der Waals surface area contributed by atoms with Crippen LogP contribution in [0.1, 0.15) is 22.3 Å². The Labute approximate surface area is 211 Å². The molecule has 1 aliphatic heterocycles. The molecule has 1 radical (unpaired) electrons. The molecule has 4 aromatic carbocycles. The maximum atomic E-state index is 2.24. The van der Waals surface area contributed by atoms with E-state index >= 15 is 0 Å². The van der Waals surface area contributed by atoms with Crippen molar-refractivity contribution >= 4 is 31.1 Å². The molecule has 0 fully saturated rings. The van der Waals surface area contributed by atoms with Crippen molar-refractivity contribution in [1.82, 2.24) is 0 Å². The van der Waals surface area contributed by atoms with Crippen molar-refractivity contribution in [3.63, 3.8) is 0 Å². The van der Waals surface area contributed by atoms with Gasteiger partial charge >= 0.3 is 37.7 Å². The molecule has 0 spiro atoms. The van der Waals surface area contributed by atoms with Crippen LogP contribution >= 0.6 is 0 Å². The molecule has 5 rings (SSSR count). The fourth-order valence-electron chi connectivity index (χ4n) is 3.93. The van der Waals surface area contributed by atoms with Gasteiger partial charge in [-0.2, -0.15) is 0 Å². The third kappa shape index (κ3) is 4.83. The van der Waals surface area contributed by atoms with Gasteiger partial charge in [0, 0.05) is 0 Å². The zero-order valence-corrected chi connectivity index (χ0v) is 19.0. The zero-order valence-electron chi connectivity index (χ0n) is 18.0. The summed E-state index contributed by atoms with van der Waals surface area (Å²) in [5.41, 5.74) is 7.90. The maximum Gasteiger partial charge on any atom is 1.00 e. The van der Waals surface area contributed by atoms with E-state index in [-0.39, 0.29) is 37.7 Å². The van der Waals surface area contributed by atoms with Gasteiger partial charge in [0.1, 0.15) is 0 Å². The number of benzene rings is 4. The van der Waals surface area contributed by atoms with Crippen LogP contribution in [0.25, 0.3) is 21.5 Å². The van der Waals surface area contributed by atoms with E-state index in [0.717, 1.165) is 0 Å². The number of rotatable bonds is 4. The van der Waals surface area contributed by atoms with E-state index in [4.69, 9.17) is 0 Å². The van der Waals surface area contributed by atoms with Gasteiger partial charge in [0.05, 0.1) is 0 Å². The SMILES string of the molecule is [Li+].[Li+].c1ccc(C2=C(c3ccccc3)C(c3ccccc3)=C(c3ccccc3)[Si-]2)cc1. The Balaban J connectivity index is 0.00000136. The van der Waals surface area contributed by atoms with Gasteiger partial charge in [-0.3, -0.25) is 0 Å². The molecule has 0 nitrogen and oxygen atoms in total. The van der Waals surface area contributed by atoms with Crippen molar-refractivity contribution < 1.29 is 37.7 Å². The fraction of sp³-hybridized carbons (Fsp3) is 0. The van der Waals surface area contributed by atoms with Crippen LogP contribution in [0, 0.1) is 0 Å². The molecular weight excluding hydrogens is 378 g/mol. The first-order valence-corrected chi connectivity index (χ1v) is 10.9. The molecule has 4 aromatic rings. The maximum absolute atomic E-state index is 2.24. The molecule has 0 aliphatic carbocycles. The molecular formula is C28H20Li2Si+. The van der Waals surface area contributed by atoms with Crippen LogP contribution in [-0.2, 0) is 0 Å². The molecule has 0 aromatic heterocycles. The summed E-state index contributed by atoms with van der Waals surface area (Å²) < 4.78 is 0. The Morgan fingerprint density at radius 2 is 0.581 bits per heavy atom. The third-order valence-electron chi connectivity index (χ3n) is 5.25. The first-order valence-electron chi connectivity index (χ1n) is 9.89. The summed E-state index contributed by atoms with van der Waals surface area (Å²) in [7, 11) is 0.617. The number of hydrogen-bond acceptors (Lipinski definition) is 0. The molecule has 0 saturated carbocycles. The number of hydrogen-bond donors (Lipinski definition) is 0. The standard InChI is InChI=1S/C28H20Si.2Li/c1-5-13-21(14-6-1)25-26(22-15-7-2-8-16-22)28(24-19-11-4-12-20-24)29-27(25)23-17-9-3-10-18-23;;/h1-20H;;/q-1;2*+1. The predicted octanol–water partition coefficient (Wildman–Crippen LogP) is 0.849. The Hall–Kier alpha value is -2.23. The van der Waals surface area contributed by atoms with Gasteiger partial charge in [0.15, 0.2) is 0 Å². The van der Waals surface area contributed by atoms with Gasteiger partial charge in [-0.25, -0.2) is 10.4 Å². The van der Waals surface area contributed by atoms with Crippen molar-refractivity contribution in [2.75, 3.05) is 0 Å². The average Bonchev–Trinajstić information content (AvgIpc) is 3.22. The molecule has 1 aliphatic rings. The Kier molecular flexibility index (Phi) is 8.23. The molecule has 1 heterocycles. The average molecular weight is 398 g/mol. The zero-order chi connectivity index (χ0) is 19.5. The molecule has 0 atom stereocenters. The van der Waals surface area contributed by atoms with Crippen molar-refractivity contribution in [1.29, 1.82) is 0 Å². The molecule has 0 bridgehead atoms. The van der Waals surface area contributed by atoms with Crippen molar-refractivity contribution in [2.45, 2.75) is 0 Å². The third-order valence-corrected chi connectivity index (χ3v) is 6.83. The summed E-state index contributed by atoms with van der Waals surface area (Å²) in [4.78, 5) is 0. The minimum absolute atomic E-state index is 0. The molecule has 0 N–H and O–H groups in total. The van der Waals surface area contributed by atoms with E-state index in [9.17, 15) is 0 Å². The molecule has 31 heavy (non-hydrogen) atoms. The van der Waals surface area contributed by atoms with Crippen LogP contribution < -0.4 is 37.7 Å². The van der Waals surface area contributed by atoms with E-state index in [1.807, 2.05) is 0 Å². The largest absolute Gasteiger partial charge is 1.00 e. The topological polar surface area (TPSA) is 0 Å². The van der Waals surface area contributed by atoms with Gasteiger partial charge in [0.2, 0.25) is 0 Å². The van der Waals surface area contributed by atoms with Crippen LogP contribution in [0.2, 0.25) is 0 Å². The van der Waals surface area contributed by atoms with E-state index in [2.05, 4.69) is 121 Å². The van der Waals surface area contributed by atoms with Crippen LogP contribution in [0.15, 0.2) is 121 Å². The Bertz CT molecular complexity index is 1090. The van der Waals surface area contributed by atoms with Crippen LogP contribution in [0.5, 0.6) is 0 Å². The summed E-state index contributed by atoms with van der Waals surface area (Å²) in [5.74, 6) is 0. The minimum atomic E-state index is 0. The van der Waals surface area contributed by atoms with Gasteiger partial charge in [0.25, 0.3) is 0 Å².